The van der Waals surface area contributed by atoms with Gasteiger partial charge < -0.3 is 21.2 Å². The number of nitrogens with zero attached hydrogens (tertiary/aromatic N) is 3. The molecular weight excluding hydrogens is 597 g/mol. The molecule has 14 heteroatoms. The highest BCUT2D eigenvalue weighted by Gasteiger charge is 2.39. The summed E-state index contributed by atoms with van der Waals surface area (Å²) in [5.41, 5.74) is 8.55. The second-order valence-corrected chi connectivity index (χ2v) is 10.1. The van der Waals surface area contributed by atoms with Gasteiger partial charge in [-0.3, -0.25) is 9.99 Å². The van der Waals surface area contributed by atoms with Crippen LogP contribution in [0.2, 0.25) is 10.0 Å². The van der Waals surface area contributed by atoms with E-state index in [0.29, 0.717) is 33.7 Å². The Balaban J connectivity index is 1.53. The molecule has 5 rings (SSSR count). The Bertz CT molecular complexity index is 1700. The number of aliphatic hydroxyl groups excluding tert-OH is 1. The first-order valence-corrected chi connectivity index (χ1v) is 13.1. The summed E-state index contributed by atoms with van der Waals surface area (Å²) in [4.78, 5) is 4.33. The van der Waals surface area contributed by atoms with E-state index in [4.69, 9.17) is 23.2 Å². The zero-order valence-corrected chi connectivity index (χ0v) is 22.9. The molecule has 1 aliphatic rings. The molecule has 0 spiro atoms. The molecule has 0 aliphatic carbocycles. The highest BCUT2D eigenvalue weighted by atomic mass is 35.5. The summed E-state index contributed by atoms with van der Waals surface area (Å²) in [6.07, 6.45) is -4.56. The predicted octanol–water partition coefficient (Wildman–Crippen LogP) is 6.54. The van der Waals surface area contributed by atoms with Crippen molar-refractivity contribution in [2.75, 3.05) is 17.2 Å². The van der Waals surface area contributed by atoms with Gasteiger partial charge in [-0.05, 0) is 35.9 Å². The maximum absolute atomic E-state index is 13.7. The number of β-amino-alcohol motifs (C(OH)–C–C–N with tert-alkyl or cyclic N) is 1. The molecule has 5 N–H and O–H groups in total. The van der Waals surface area contributed by atoms with Crippen LogP contribution in [-0.4, -0.2) is 33.9 Å². The monoisotopic (exact) mass is 617 g/mol. The first kappa shape index (κ1) is 29.2. The van der Waals surface area contributed by atoms with Crippen LogP contribution in [0.25, 0.3) is 10.9 Å². The Morgan fingerprint density at radius 2 is 1.79 bits per heavy atom. The van der Waals surface area contributed by atoms with Crippen molar-refractivity contribution in [3.05, 3.63) is 106 Å². The van der Waals surface area contributed by atoms with Crippen LogP contribution < -0.4 is 21.6 Å². The fourth-order valence-electron chi connectivity index (χ4n) is 4.34. The van der Waals surface area contributed by atoms with Crippen LogP contribution in [0.5, 0.6) is 0 Å². The molecule has 0 radical (unpaired) electrons. The molecule has 2 heterocycles. The third-order valence-electron chi connectivity index (χ3n) is 6.38. The Kier molecular flexibility index (Phi) is 8.29. The van der Waals surface area contributed by atoms with E-state index in [0.717, 1.165) is 10.6 Å². The molecule has 0 bridgehead atoms. The topological polar surface area (TPSA) is 108 Å². The standard InChI is InChI=1S/C28H21Cl2F4N7O/c29-20-9-17(6-7-22(20)31)37-25-16(11-35)12-36-27-19(25)8-18(10-21(27)30)38-26(15-4-2-1-3-5-15)23-13-41(40-39-23)14-24(42)28(32,33)34/h1-10,12-13,24,26,38-40,42H,14H2,(H,36,37)/t24?,26-/m0/s1. The van der Waals surface area contributed by atoms with Crippen molar-refractivity contribution >= 4 is 51.2 Å². The number of halogens is 6. The maximum atomic E-state index is 13.7. The number of aromatic nitrogens is 1. The lowest BCUT2D eigenvalue weighted by Crippen LogP contribution is -2.45. The van der Waals surface area contributed by atoms with Gasteiger partial charge in [-0.2, -0.15) is 18.4 Å². The minimum atomic E-state index is -4.78. The van der Waals surface area contributed by atoms with E-state index in [1.807, 2.05) is 30.3 Å². The van der Waals surface area contributed by atoms with Crippen molar-refractivity contribution in [2.45, 2.75) is 18.3 Å². The molecule has 1 aliphatic heterocycles. The number of anilines is 3. The molecule has 216 valence electrons. The number of nitrogens with one attached hydrogen (secondary N) is 4. The van der Waals surface area contributed by atoms with Gasteiger partial charge in [0.1, 0.15) is 11.9 Å². The number of aliphatic hydroxyl groups is 1. The first-order valence-electron chi connectivity index (χ1n) is 12.3. The number of hydrazine groups is 2. The second-order valence-electron chi connectivity index (χ2n) is 9.29. The van der Waals surface area contributed by atoms with Gasteiger partial charge in [0.25, 0.3) is 0 Å². The molecule has 42 heavy (non-hydrogen) atoms. The van der Waals surface area contributed by atoms with E-state index in [2.05, 4.69) is 32.6 Å². The normalized spacial score (nSPS) is 14.6. The van der Waals surface area contributed by atoms with E-state index >= 15 is 0 Å². The molecule has 8 nitrogen and oxygen atoms in total. The lowest BCUT2D eigenvalue weighted by Gasteiger charge is -2.22. The van der Waals surface area contributed by atoms with Crippen molar-refractivity contribution in [3.8, 4) is 6.07 Å². The molecule has 2 atom stereocenters. The largest absolute Gasteiger partial charge is 0.416 e. The minimum absolute atomic E-state index is 0.106. The lowest BCUT2D eigenvalue weighted by molar-refractivity contribution is -0.208. The quantitative estimate of drug-likeness (QED) is 0.142. The summed E-state index contributed by atoms with van der Waals surface area (Å²) in [5, 5.41) is 27.5. The van der Waals surface area contributed by atoms with Gasteiger partial charge in [-0.1, -0.05) is 53.5 Å². The van der Waals surface area contributed by atoms with Crippen molar-refractivity contribution in [1.29, 1.82) is 5.26 Å². The highest BCUT2D eigenvalue weighted by Crippen LogP contribution is 2.37. The summed E-state index contributed by atoms with van der Waals surface area (Å²) in [6, 6.07) is 18.0. The second kappa shape index (κ2) is 11.9. The summed E-state index contributed by atoms with van der Waals surface area (Å²) in [6.45, 7) is -0.742. The van der Waals surface area contributed by atoms with Gasteiger partial charge in [0.15, 0.2) is 6.10 Å². The van der Waals surface area contributed by atoms with Gasteiger partial charge >= 0.3 is 6.18 Å². The van der Waals surface area contributed by atoms with E-state index in [1.54, 1.807) is 12.1 Å². The number of benzene rings is 3. The number of nitriles is 1. The number of hydrogen-bond acceptors (Lipinski definition) is 8. The molecule has 1 unspecified atom stereocenters. The third-order valence-corrected chi connectivity index (χ3v) is 6.95. The van der Waals surface area contributed by atoms with Crippen molar-refractivity contribution < 1.29 is 22.7 Å². The van der Waals surface area contributed by atoms with Crippen LogP contribution in [-0.2, 0) is 0 Å². The van der Waals surface area contributed by atoms with Crippen LogP contribution in [0.3, 0.4) is 0 Å². The molecule has 0 saturated carbocycles. The molecular formula is C28H21Cl2F4N7O. The fraction of sp³-hybridized carbons (Fsp3) is 0.143. The predicted molar refractivity (Wildman–Crippen MR) is 152 cm³/mol. The molecule has 3 aromatic carbocycles. The minimum Gasteiger partial charge on any atom is -0.382 e. The number of hydrogen-bond donors (Lipinski definition) is 5. The van der Waals surface area contributed by atoms with Gasteiger partial charge in [-0.25, -0.2) is 4.39 Å². The van der Waals surface area contributed by atoms with Crippen LogP contribution in [0.1, 0.15) is 17.2 Å². The highest BCUT2D eigenvalue weighted by molar-refractivity contribution is 6.36. The third kappa shape index (κ3) is 6.29. The van der Waals surface area contributed by atoms with Gasteiger partial charge in [0.2, 0.25) is 0 Å². The Labute approximate surface area is 247 Å². The SMILES string of the molecule is N#Cc1cnc2c(Cl)cc(N[C@H](C3=CN(CC(O)C(F)(F)F)NN3)c3ccccc3)cc2c1Nc1ccc(F)c(Cl)c1. The number of fused-ring (bicyclic) bond motifs is 1. The van der Waals surface area contributed by atoms with Crippen molar-refractivity contribution in [1.82, 2.24) is 21.0 Å². The Morgan fingerprint density at radius 3 is 2.48 bits per heavy atom. The van der Waals surface area contributed by atoms with E-state index in [1.165, 1.54) is 30.6 Å². The average Bonchev–Trinajstić information content (AvgIpc) is 3.42. The van der Waals surface area contributed by atoms with Crippen LogP contribution in [0, 0.1) is 17.1 Å². The molecule has 0 fully saturated rings. The van der Waals surface area contributed by atoms with E-state index in [-0.39, 0.29) is 15.6 Å². The first-order chi connectivity index (χ1) is 20.0. The van der Waals surface area contributed by atoms with Crippen LogP contribution in [0.15, 0.2) is 78.8 Å². The number of pyridine rings is 1. The summed E-state index contributed by atoms with van der Waals surface area (Å²) in [7, 11) is 0. The van der Waals surface area contributed by atoms with Gasteiger partial charge in [0, 0.05) is 29.2 Å². The molecule has 0 amide bonds. The molecule has 0 saturated heterocycles. The lowest BCUT2D eigenvalue weighted by atomic mass is 10.0. The van der Waals surface area contributed by atoms with Gasteiger partial charge in [0.05, 0.1) is 45.1 Å². The molecule has 4 aromatic rings. The average molecular weight is 618 g/mol. The Hall–Kier alpha value is -4.28. The van der Waals surface area contributed by atoms with E-state index < -0.39 is 30.7 Å². The smallest absolute Gasteiger partial charge is 0.382 e. The zero-order chi connectivity index (χ0) is 30.0. The zero-order valence-electron chi connectivity index (χ0n) is 21.3. The van der Waals surface area contributed by atoms with Crippen LogP contribution in [0.4, 0.5) is 34.6 Å². The van der Waals surface area contributed by atoms with Gasteiger partial charge in [-0.15, -0.1) is 5.53 Å². The maximum Gasteiger partial charge on any atom is 0.416 e. The van der Waals surface area contributed by atoms with Crippen LogP contribution >= 0.6 is 23.2 Å². The van der Waals surface area contributed by atoms with Crippen molar-refractivity contribution in [2.24, 2.45) is 0 Å². The fourth-order valence-corrected chi connectivity index (χ4v) is 4.79. The number of rotatable bonds is 8. The Morgan fingerprint density at radius 1 is 1.05 bits per heavy atom. The summed E-state index contributed by atoms with van der Waals surface area (Å²) >= 11 is 12.6. The number of alkyl halides is 3. The summed E-state index contributed by atoms with van der Waals surface area (Å²) in [5.74, 6) is -0.598. The van der Waals surface area contributed by atoms with E-state index in [9.17, 15) is 27.9 Å². The van der Waals surface area contributed by atoms with Crippen molar-refractivity contribution in [3.63, 3.8) is 0 Å². The summed E-state index contributed by atoms with van der Waals surface area (Å²) < 4.78 is 52.5. The molecule has 1 aromatic heterocycles.